The number of para-hydroxylation sites is 2. The Morgan fingerprint density at radius 1 is 1.03 bits per heavy atom. The van der Waals surface area contributed by atoms with Gasteiger partial charge in [-0.3, -0.25) is 4.98 Å². The SMILES string of the molecule is Cc1ccc(O[C@@H]2C[C@@H]3CN(c4nc5ccccc5n4CCO)C[C@@H]3C[C@H]2O)c(C)n1. The van der Waals surface area contributed by atoms with E-state index in [1.165, 1.54) is 0 Å². The van der Waals surface area contributed by atoms with Gasteiger partial charge in [-0.25, -0.2) is 4.98 Å². The summed E-state index contributed by atoms with van der Waals surface area (Å²) in [6.07, 6.45) is 0.833. The lowest BCUT2D eigenvalue weighted by Crippen LogP contribution is -2.42. The van der Waals surface area contributed by atoms with Crippen molar-refractivity contribution in [2.45, 2.75) is 45.4 Å². The molecule has 164 valence electrons. The van der Waals surface area contributed by atoms with Crippen molar-refractivity contribution in [3.05, 3.63) is 47.8 Å². The Morgan fingerprint density at radius 2 is 1.81 bits per heavy atom. The maximum Gasteiger partial charge on any atom is 0.206 e. The highest BCUT2D eigenvalue weighted by Gasteiger charge is 2.43. The molecule has 0 amide bonds. The number of hydrogen-bond acceptors (Lipinski definition) is 6. The first-order chi connectivity index (χ1) is 15.0. The van der Waals surface area contributed by atoms with Crippen LogP contribution in [0.15, 0.2) is 36.4 Å². The van der Waals surface area contributed by atoms with Crippen LogP contribution in [0.5, 0.6) is 5.75 Å². The highest BCUT2D eigenvalue weighted by molar-refractivity contribution is 5.78. The quantitative estimate of drug-likeness (QED) is 0.658. The number of benzene rings is 1. The molecular weight excluding hydrogens is 392 g/mol. The third-order valence-corrected chi connectivity index (χ3v) is 6.78. The van der Waals surface area contributed by atoms with Crippen molar-refractivity contribution >= 4 is 17.0 Å². The Morgan fingerprint density at radius 3 is 2.58 bits per heavy atom. The van der Waals surface area contributed by atoms with Crippen LogP contribution >= 0.6 is 0 Å². The van der Waals surface area contributed by atoms with Gasteiger partial charge in [0.2, 0.25) is 5.95 Å². The van der Waals surface area contributed by atoms with Crippen molar-refractivity contribution in [1.29, 1.82) is 0 Å². The molecule has 0 radical (unpaired) electrons. The number of aromatic nitrogens is 3. The van der Waals surface area contributed by atoms with Crippen LogP contribution < -0.4 is 9.64 Å². The number of imidazole rings is 1. The lowest BCUT2D eigenvalue weighted by atomic mass is 9.78. The van der Waals surface area contributed by atoms with Crippen molar-refractivity contribution < 1.29 is 14.9 Å². The molecule has 7 nitrogen and oxygen atoms in total. The van der Waals surface area contributed by atoms with E-state index in [2.05, 4.69) is 20.5 Å². The van der Waals surface area contributed by atoms with E-state index in [1.807, 2.05) is 44.2 Å². The molecule has 2 fully saturated rings. The first kappa shape index (κ1) is 20.3. The van der Waals surface area contributed by atoms with Gasteiger partial charge in [0.25, 0.3) is 0 Å². The molecule has 2 N–H and O–H groups in total. The van der Waals surface area contributed by atoms with Crippen LogP contribution in [0.25, 0.3) is 11.0 Å². The van der Waals surface area contributed by atoms with Crippen LogP contribution in [0.2, 0.25) is 0 Å². The van der Waals surface area contributed by atoms with Gasteiger partial charge in [-0.15, -0.1) is 0 Å². The van der Waals surface area contributed by atoms with Crippen LogP contribution in [0, 0.1) is 25.7 Å². The molecule has 2 aliphatic rings. The lowest BCUT2D eigenvalue weighted by molar-refractivity contribution is -0.0236. The number of rotatable bonds is 5. The number of pyridine rings is 1. The van der Waals surface area contributed by atoms with Crippen molar-refractivity contribution in [3.63, 3.8) is 0 Å². The molecule has 2 aromatic heterocycles. The fraction of sp³-hybridized carbons (Fsp3) is 0.500. The largest absolute Gasteiger partial charge is 0.486 e. The normalized spacial score (nSPS) is 25.7. The molecule has 1 aliphatic carbocycles. The Labute approximate surface area is 182 Å². The number of fused-ring (bicyclic) bond motifs is 2. The molecule has 4 atom stereocenters. The summed E-state index contributed by atoms with van der Waals surface area (Å²) in [4.78, 5) is 11.7. The highest BCUT2D eigenvalue weighted by atomic mass is 16.5. The molecule has 31 heavy (non-hydrogen) atoms. The van der Waals surface area contributed by atoms with E-state index in [1.54, 1.807) is 0 Å². The van der Waals surface area contributed by atoms with E-state index in [4.69, 9.17) is 9.72 Å². The minimum absolute atomic E-state index is 0.0760. The summed E-state index contributed by atoms with van der Waals surface area (Å²) >= 11 is 0. The predicted molar refractivity (Wildman–Crippen MR) is 119 cm³/mol. The minimum atomic E-state index is -0.488. The number of aliphatic hydroxyl groups is 2. The molecular formula is C24H30N4O3. The minimum Gasteiger partial charge on any atom is -0.486 e. The molecule has 3 aromatic rings. The number of ether oxygens (including phenoxy) is 1. The third kappa shape index (κ3) is 3.77. The van der Waals surface area contributed by atoms with E-state index in [-0.39, 0.29) is 12.7 Å². The van der Waals surface area contributed by atoms with Crippen LogP contribution in [-0.2, 0) is 6.54 Å². The smallest absolute Gasteiger partial charge is 0.206 e. The summed E-state index contributed by atoms with van der Waals surface area (Å²) in [6.45, 7) is 6.27. The number of hydrogen-bond donors (Lipinski definition) is 2. The van der Waals surface area contributed by atoms with Crippen LogP contribution in [-0.4, -0.2) is 56.7 Å². The topological polar surface area (TPSA) is 83.6 Å². The zero-order valence-electron chi connectivity index (χ0n) is 18.1. The summed E-state index contributed by atoms with van der Waals surface area (Å²) in [5, 5.41) is 20.4. The number of nitrogens with zero attached hydrogens (tertiary/aromatic N) is 4. The average Bonchev–Trinajstić information content (AvgIpc) is 3.32. The summed E-state index contributed by atoms with van der Waals surface area (Å²) < 4.78 is 8.34. The molecule has 3 heterocycles. The predicted octanol–water partition coefficient (Wildman–Crippen LogP) is 2.70. The van der Waals surface area contributed by atoms with Crippen molar-refractivity contribution in [1.82, 2.24) is 14.5 Å². The van der Waals surface area contributed by atoms with E-state index < -0.39 is 6.10 Å². The number of aryl methyl sites for hydroxylation is 2. The maximum atomic E-state index is 10.8. The monoisotopic (exact) mass is 422 g/mol. The Hall–Kier alpha value is -2.64. The van der Waals surface area contributed by atoms with E-state index >= 15 is 0 Å². The molecule has 1 aliphatic heterocycles. The Kier molecular flexibility index (Phi) is 5.32. The Bertz CT molecular complexity index is 1080. The fourth-order valence-corrected chi connectivity index (χ4v) is 5.27. The van der Waals surface area contributed by atoms with Gasteiger partial charge in [-0.2, -0.15) is 0 Å². The Balaban J connectivity index is 1.35. The van der Waals surface area contributed by atoms with Gasteiger partial charge in [0.05, 0.1) is 29.4 Å². The van der Waals surface area contributed by atoms with Crippen LogP contribution in [0.1, 0.15) is 24.2 Å². The third-order valence-electron chi connectivity index (χ3n) is 6.78. The van der Waals surface area contributed by atoms with Gasteiger partial charge in [0, 0.05) is 25.3 Å². The fourth-order valence-electron chi connectivity index (χ4n) is 5.27. The van der Waals surface area contributed by atoms with Gasteiger partial charge in [-0.1, -0.05) is 12.1 Å². The highest BCUT2D eigenvalue weighted by Crippen LogP contribution is 2.40. The van der Waals surface area contributed by atoms with Gasteiger partial charge < -0.3 is 24.4 Å². The van der Waals surface area contributed by atoms with E-state index in [0.717, 1.165) is 60.1 Å². The van der Waals surface area contributed by atoms with Crippen LogP contribution in [0.4, 0.5) is 5.95 Å². The molecule has 0 spiro atoms. The molecule has 0 bridgehead atoms. The van der Waals surface area contributed by atoms with E-state index in [9.17, 15) is 10.2 Å². The lowest BCUT2D eigenvalue weighted by Gasteiger charge is -2.35. The summed E-state index contributed by atoms with van der Waals surface area (Å²) in [5.74, 6) is 2.52. The van der Waals surface area contributed by atoms with Crippen molar-refractivity contribution in [2.75, 3.05) is 24.6 Å². The van der Waals surface area contributed by atoms with Gasteiger partial charge >= 0.3 is 0 Å². The zero-order valence-corrected chi connectivity index (χ0v) is 18.1. The van der Waals surface area contributed by atoms with Crippen molar-refractivity contribution in [3.8, 4) is 5.75 Å². The molecule has 1 saturated carbocycles. The molecule has 1 saturated heterocycles. The molecule has 1 aromatic carbocycles. The van der Waals surface area contributed by atoms with E-state index in [0.29, 0.717) is 18.4 Å². The number of aliphatic hydroxyl groups excluding tert-OH is 2. The first-order valence-electron chi connectivity index (χ1n) is 11.1. The first-order valence-corrected chi connectivity index (χ1v) is 11.1. The second-order valence-electron chi connectivity index (χ2n) is 8.93. The molecule has 0 unspecified atom stereocenters. The molecule has 5 rings (SSSR count). The summed E-state index contributed by atoms with van der Waals surface area (Å²) in [6, 6.07) is 12.0. The van der Waals surface area contributed by atoms with Crippen molar-refractivity contribution in [2.24, 2.45) is 11.8 Å². The molecule has 7 heteroatoms. The second kappa shape index (κ2) is 8.13. The van der Waals surface area contributed by atoms with Gasteiger partial charge in [-0.05, 0) is 62.8 Å². The standard InChI is InChI=1S/C24H30N4O3/c1-15-7-8-22(16(2)25-15)31-23-12-18-14-27(13-17(18)11-21(23)30)24-26-19-5-3-4-6-20(19)28(24)9-10-29/h3-8,17-18,21,23,29-30H,9-14H2,1-2H3/t17-,18+,21+,23+/m0/s1. The zero-order chi connectivity index (χ0) is 21.5. The van der Waals surface area contributed by atoms with Gasteiger partial charge in [0.15, 0.2) is 0 Å². The van der Waals surface area contributed by atoms with Gasteiger partial charge in [0.1, 0.15) is 11.9 Å². The maximum absolute atomic E-state index is 10.8. The second-order valence-corrected chi connectivity index (χ2v) is 8.93. The van der Waals surface area contributed by atoms with Crippen LogP contribution in [0.3, 0.4) is 0 Å². The summed E-state index contributed by atoms with van der Waals surface area (Å²) in [5.41, 5.74) is 3.82. The number of anilines is 1. The summed E-state index contributed by atoms with van der Waals surface area (Å²) in [7, 11) is 0. The average molecular weight is 423 g/mol.